The van der Waals surface area contributed by atoms with E-state index in [-0.39, 0.29) is 12.4 Å². The second kappa shape index (κ2) is 7.29. The molecule has 1 aromatic carbocycles. The van der Waals surface area contributed by atoms with Gasteiger partial charge in [-0.05, 0) is 37.3 Å². The standard InChI is InChI=1S/C16H24O3/c1-4-13-7-9-14(10-8-13)16(18,5-2)12-11-15(17)19-6-3/h7-10,18H,4-6,11-12H2,1-3H3. The summed E-state index contributed by atoms with van der Waals surface area (Å²) in [6.45, 7) is 6.20. The van der Waals surface area contributed by atoms with Gasteiger partial charge < -0.3 is 9.84 Å². The van der Waals surface area contributed by atoms with E-state index in [1.165, 1.54) is 5.56 Å². The maximum Gasteiger partial charge on any atom is 0.305 e. The second-order valence-electron chi connectivity index (χ2n) is 4.74. The lowest BCUT2D eigenvalue weighted by Crippen LogP contribution is -2.26. The van der Waals surface area contributed by atoms with E-state index in [0.29, 0.717) is 19.4 Å². The molecule has 106 valence electrons. The van der Waals surface area contributed by atoms with Crippen LogP contribution in [-0.4, -0.2) is 17.7 Å². The molecule has 1 N–H and O–H groups in total. The lowest BCUT2D eigenvalue weighted by Gasteiger charge is -2.27. The largest absolute Gasteiger partial charge is 0.466 e. The fourth-order valence-corrected chi connectivity index (χ4v) is 2.12. The number of esters is 1. The number of hydrogen-bond donors (Lipinski definition) is 1. The van der Waals surface area contributed by atoms with Crippen LogP contribution in [0.4, 0.5) is 0 Å². The smallest absolute Gasteiger partial charge is 0.305 e. The van der Waals surface area contributed by atoms with Gasteiger partial charge in [0.2, 0.25) is 0 Å². The number of carbonyl (C=O) groups excluding carboxylic acids is 1. The summed E-state index contributed by atoms with van der Waals surface area (Å²) < 4.78 is 4.90. The Morgan fingerprint density at radius 1 is 1.21 bits per heavy atom. The fourth-order valence-electron chi connectivity index (χ4n) is 2.12. The fraction of sp³-hybridized carbons (Fsp3) is 0.562. The van der Waals surface area contributed by atoms with Gasteiger partial charge in [-0.25, -0.2) is 0 Å². The van der Waals surface area contributed by atoms with Crippen LogP contribution < -0.4 is 0 Å². The first-order valence-electron chi connectivity index (χ1n) is 7.03. The molecule has 1 aromatic rings. The van der Waals surface area contributed by atoms with Crippen molar-refractivity contribution in [3.8, 4) is 0 Å². The van der Waals surface area contributed by atoms with Crippen molar-refractivity contribution in [3.63, 3.8) is 0 Å². The lowest BCUT2D eigenvalue weighted by molar-refractivity contribution is -0.144. The summed E-state index contributed by atoms with van der Waals surface area (Å²) in [7, 11) is 0. The highest BCUT2D eigenvalue weighted by Gasteiger charge is 2.27. The molecule has 0 amide bonds. The van der Waals surface area contributed by atoms with Crippen molar-refractivity contribution in [2.75, 3.05) is 6.61 Å². The molecule has 3 heteroatoms. The molecular weight excluding hydrogens is 240 g/mol. The third kappa shape index (κ3) is 4.35. The first-order valence-corrected chi connectivity index (χ1v) is 7.03. The highest BCUT2D eigenvalue weighted by molar-refractivity contribution is 5.69. The third-order valence-electron chi connectivity index (χ3n) is 3.53. The number of ether oxygens (including phenoxy) is 1. The van der Waals surface area contributed by atoms with Crippen LogP contribution in [0.2, 0.25) is 0 Å². The minimum atomic E-state index is -0.945. The molecule has 0 aliphatic carbocycles. The van der Waals surface area contributed by atoms with Crippen molar-refractivity contribution in [2.45, 2.75) is 52.1 Å². The molecule has 0 heterocycles. The van der Waals surface area contributed by atoms with Crippen LogP contribution in [-0.2, 0) is 21.6 Å². The van der Waals surface area contributed by atoms with Gasteiger partial charge in [-0.3, -0.25) is 4.79 Å². The van der Waals surface area contributed by atoms with Crippen molar-refractivity contribution >= 4 is 5.97 Å². The van der Waals surface area contributed by atoms with Crippen LogP contribution in [0, 0.1) is 0 Å². The van der Waals surface area contributed by atoms with Gasteiger partial charge in [0.25, 0.3) is 0 Å². The van der Waals surface area contributed by atoms with Gasteiger partial charge in [-0.15, -0.1) is 0 Å². The van der Waals surface area contributed by atoms with Crippen molar-refractivity contribution in [1.29, 1.82) is 0 Å². The van der Waals surface area contributed by atoms with Crippen LogP contribution in [0.1, 0.15) is 51.2 Å². The summed E-state index contributed by atoms with van der Waals surface area (Å²) in [5.41, 5.74) is 1.17. The SMILES string of the molecule is CCOC(=O)CCC(O)(CC)c1ccc(CC)cc1. The van der Waals surface area contributed by atoms with E-state index >= 15 is 0 Å². The van der Waals surface area contributed by atoms with E-state index in [2.05, 4.69) is 6.92 Å². The Hall–Kier alpha value is -1.35. The molecule has 3 nitrogen and oxygen atoms in total. The maximum atomic E-state index is 11.4. The minimum absolute atomic E-state index is 0.244. The summed E-state index contributed by atoms with van der Waals surface area (Å²) in [6.07, 6.45) is 2.20. The Morgan fingerprint density at radius 2 is 1.84 bits per heavy atom. The molecule has 1 atom stereocenters. The quantitative estimate of drug-likeness (QED) is 0.769. The number of aliphatic hydroxyl groups is 1. The first-order chi connectivity index (χ1) is 9.05. The topological polar surface area (TPSA) is 46.5 Å². The zero-order valence-electron chi connectivity index (χ0n) is 12.1. The number of benzene rings is 1. The molecule has 0 saturated carbocycles. The molecule has 0 saturated heterocycles. The van der Waals surface area contributed by atoms with Crippen molar-refractivity contribution in [1.82, 2.24) is 0 Å². The summed E-state index contributed by atoms with van der Waals surface area (Å²) in [5.74, 6) is -0.250. The predicted molar refractivity (Wildman–Crippen MR) is 75.9 cm³/mol. The summed E-state index contributed by atoms with van der Waals surface area (Å²) in [4.78, 5) is 11.4. The Morgan fingerprint density at radius 3 is 2.32 bits per heavy atom. The zero-order chi connectivity index (χ0) is 14.3. The molecule has 1 unspecified atom stereocenters. The van der Waals surface area contributed by atoms with Crippen LogP contribution in [0.25, 0.3) is 0 Å². The van der Waals surface area contributed by atoms with Crippen LogP contribution in [0.3, 0.4) is 0 Å². The Bertz CT molecular complexity index is 397. The molecular formula is C16H24O3. The maximum absolute atomic E-state index is 11.4. The van der Waals surface area contributed by atoms with Gasteiger partial charge in [0.05, 0.1) is 12.2 Å². The van der Waals surface area contributed by atoms with Crippen LogP contribution >= 0.6 is 0 Å². The normalized spacial score (nSPS) is 13.9. The van der Waals surface area contributed by atoms with Gasteiger partial charge in [0.15, 0.2) is 0 Å². The second-order valence-corrected chi connectivity index (χ2v) is 4.74. The molecule has 19 heavy (non-hydrogen) atoms. The van der Waals surface area contributed by atoms with Crippen LogP contribution in [0.15, 0.2) is 24.3 Å². The van der Waals surface area contributed by atoms with E-state index in [1.807, 2.05) is 31.2 Å². The van der Waals surface area contributed by atoms with E-state index in [9.17, 15) is 9.90 Å². The van der Waals surface area contributed by atoms with Gasteiger partial charge in [0, 0.05) is 6.42 Å². The van der Waals surface area contributed by atoms with Gasteiger partial charge in [-0.1, -0.05) is 38.1 Å². The Kier molecular flexibility index (Phi) is 6.03. The molecule has 0 radical (unpaired) electrons. The number of aryl methyl sites for hydroxylation is 1. The van der Waals surface area contributed by atoms with Crippen LogP contribution in [0.5, 0.6) is 0 Å². The zero-order valence-corrected chi connectivity index (χ0v) is 12.1. The number of carbonyl (C=O) groups is 1. The van der Waals surface area contributed by atoms with Gasteiger partial charge >= 0.3 is 5.97 Å². The minimum Gasteiger partial charge on any atom is -0.466 e. The summed E-state index contributed by atoms with van der Waals surface area (Å²) in [5, 5.41) is 10.7. The first kappa shape index (κ1) is 15.7. The molecule has 0 fully saturated rings. The van der Waals surface area contributed by atoms with Crippen molar-refractivity contribution < 1.29 is 14.6 Å². The van der Waals surface area contributed by atoms with E-state index in [0.717, 1.165) is 12.0 Å². The summed E-state index contributed by atoms with van der Waals surface area (Å²) in [6, 6.07) is 7.96. The van der Waals surface area contributed by atoms with E-state index < -0.39 is 5.60 Å². The van der Waals surface area contributed by atoms with Crippen molar-refractivity contribution in [3.05, 3.63) is 35.4 Å². The Balaban J connectivity index is 2.75. The third-order valence-corrected chi connectivity index (χ3v) is 3.53. The molecule has 0 aliphatic heterocycles. The lowest BCUT2D eigenvalue weighted by atomic mass is 9.86. The average Bonchev–Trinajstić information content (AvgIpc) is 2.45. The highest BCUT2D eigenvalue weighted by Crippen LogP contribution is 2.30. The predicted octanol–water partition coefficient (Wildman–Crippen LogP) is 3.19. The van der Waals surface area contributed by atoms with Gasteiger partial charge in [0.1, 0.15) is 0 Å². The molecule has 0 bridgehead atoms. The molecule has 0 spiro atoms. The highest BCUT2D eigenvalue weighted by atomic mass is 16.5. The van der Waals surface area contributed by atoms with Gasteiger partial charge in [-0.2, -0.15) is 0 Å². The van der Waals surface area contributed by atoms with E-state index in [4.69, 9.17) is 4.74 Å². The molecule has 1 rings (SSSR count). The van der Waals surface area contributed by atoms with Crippen molar-refractivity contribution in [2.24, 2.45) is 0 Å². The number of hydrogen-bond acceptors (Lipinski definition) is 3. The van der Waals surface area contributed by atoms with E-state index in [1.54, 1.807) is 6.92 Å². The molecule has 0 aromatic heterocycles. The Labute approximate surface area is 115 Å². The average molecular weight is 264 g/mol. The monoisotopic (exact) mass is 264 g/mol. The molecule has 0 aliphatic rings. The number of rotatable bonds is 7. The summed E-state index contributed by atoms with van der Waals surface area (Å²) >= 11 is 0.